The number of aromatic nitrogens is 2. The van der Waals surface area contributed by atoms with Gasteiger partial charge in [0.2, 0.25) is 0 Å². The van der Waals surface area contributed by atoms with E-state index in [1.54, 1.807) is 30.5 Å². The lowest BCUT2D eigenvalue weighted by atomic mass is 10.3. The van der Waals surface area contributed by atoms with Gasteiger partial charge in [-0.1, -0.05) is 12.1 Å². The number of nitro benzene ring substituents is 1. The molecule has 0 amide bonds. The Hall–Kier alpha value is -2.21. The van der Waals surface area contributed by atoms with Gasteiger partial charge in [0.1, 0.15) is 5.69 Å². The van der Waals surface area contributed by atoms with Gasteiger partial charge in [0.25, 0.3) is 5.69 Å². The van der Waals surface area contributed by atoms with Crippen LogP contribution in [0.1, 0.15) is 5.69 Å². The second-order valence-corrected chi connectivity index (χ2v) is 3.47. The van der Waals surface area contributed by atoms with Crippen molar-refractivity contribution in [1.82, 2.24) is 9.78 Å². The number of para-hydroxylation sites is 2. The zero-order chi connectivity index (χ0) is 12.3. The van der Waals surface area contributed by atoms with Gasteiger partial charge in [-0.3, -0.25) is 10.1 Å². The molecule has 6 heteroatoms. The average molecular weight is 233 g/mol. The minimum atomic E-state index is -0.442. The van der Waals surface area contributed by atoms with Crippen molar-refractivity contribution in [2.75, 3.05) is 6.61 Å². The van der Waals surface area contributed by atoms with E-state index in [4.69, 9.17) is 5.11 Å². The lowest BCUT2D eigenvalue weighted by molar-refractivity contribution is -0.384. The average Bonchev–Trinajstić information content (AvgIpc) is 2.78. The fourth-order valence-electron chi connectivity index (χ4n) is 1.56. The topological polar surface area (TPSA) is 81.2 Å². The largest absolute Gasteiger partial charge is 0.396 e. The summed E-state index contributed by atoms with van der Waals surface area (Å²) < 4.78 is 1.45. The summed E-state index contributed by atoms with van der Waals surface area (Å²) >= 11 is 0. The fraction of sp³-hybridized carbons (Fsp3) is 0.182. The van der Waals surface area contributed by atoms with E-state index in [9.17, 15) is 10.1 Å². The van der Waals surface area contributed by atoms with Crippen molar-refractivity contribution in [3.63, 3.8) is 0 Å². The Morgan fingerprint density at radius 2 is 2.12 bits per heavy atom. The molecule has 0 aliphatic carbocycles. The Bertz CT molecular complexity index is 536. The molecule has 88 valence electrons. The second kappa shape index (κ2) is 4.75. The summed E-state index contributed by atoms with van der Waals surface area (Å²) in [5, 5.41) is 23.8. The van der Waals surface area contributed by atoms with Crippen LogP contribution in [-0.4, -0.2) is 26.4 Å². The molecule has 0 aliphatic heterocycles. The highest BCUT2D eigenvalue weighted by molar-refractivity contribution is 5.51. The summed E-state index contributed by atoms with van der Waals surface area (Å²) in [4.78, 5) is 10.4. The minimum absolute atomic E-state index is 0.00569. The molecule has 2 rings (SSSR count). The van der Waals surface area contributed by atoms with Crippen LogP contribution < -0.4 is 0 Å². The maximum Gasteiger partial charge on any atom is 0.294 e. The quantitative estimate of drug-likeness (QED) is 0.637. The number of aliphatic hydroxyl groups excluding tert-OH is 1. The molecule has 0 radical (unpaired) electrons. The summed E-state index contributed by atoms with van der Waals surface area (Å²) in [6.45, 7) is 0.00783. The molecule has 0 fully saturated rings. The molecule has 0 aliphatic rings. The number of rotatable bonds is 4. The van der Waals surface area contributed by atoms with E-state index in [1.807, 2.05) is 0 Å². The molecular formula is C11H11N3O3. The van der Waals surface area contributed by atoms with Crippen molar-refractivity contribution in [2.45, 2.75) is 6.42 Å². The van der Waals surface area contributed by atoms with Crippen LogP contribution in [0.3, 0.4) is 0 Å². The van der Waals surface area contributed by atoms with Gasteiger partial charge in [-0.05, 0) is 12.1 Å². The Balaban J connectivity index is 2.41. The highest BCUT2D eigenvalue weighted by Gasteiger charge is 2.14. The van der Waals surface area contributed by atoms with E-state index in [1.165, 1.54) is 10.7 Å². The van der Waals surface area contributed by atoms with Crippen LogP contribution in [0.15, 0.2) is 36.5 Å². The molecule has 0 unspecified atom stereocenters. The molecule has 1 N–H and O–H groups in total. The van der Waals surface area contributed by atoms with Gasteiger partial charge in [-0.25, -0.2) is 4.68 Å². The van der Waals surface area contributed by atoms with Crippen molar-refractivity contribution < 1.29 is 10.0 Å². The first-order valence-electron chi connectivity index (χ1n) is 5.11. The van der Waals surface area contributed by atoms with Crippen molar-refractivity contribution in [2.24, 2.45) is 0 Å². The van der Waals surface area contributed by atoms with Crippen molar-refractivity contribution in [3.05, 3.63) is 52.3 Å². The van der Waals surface area contributed by atoms with Gasteiger partial charge in [0.05, 0.1) is 10.6 Å². The van der Waals surface area contributed by atoms with E-state index >= 15 is 0 Å². The summed E-state index contributed by atoms with van der Waals surface area (Å²) in [5.74, 6) is 0. The number of nitrogens with zero attached hydrogens (tertiary/aromatic N) is 3. The normalized spacial score (nSPS) is 10.4. The molecule has 1 aromatic heterocycles. The first-order chi connectivity index (χ1) is 8.22. The van der Waals surface area contributed by atoms with Crippen LogP contribution in [0.5, 0.6) is 0 Å². The summed E-state index contributed by atoms with van der Waals surface area (Å²) in [6, 6.07) is 8.12. The van der Waals surface area contributed by atoms with Gasteiger partial charge in [0.15, 0.2) is 0 Å². The maximum atomic E-state index is 10.9. The van der Waals surface area contributed by atoms with Crippen LogP contribution in [-0.2, 0) is 6.42 Å². The number of hydrogen-bond acceptors (Lipinski definition) is 4. The number of nitro groups is 1. The van der Waals surface area contributed by atoms with E-state index in [0.29, 0.717) is 17.8 Å². The van der Waals surface area contributed by atoms with Gasteiger partial charge < -0.3 is 5.11 Å². The van der Waals surface area contributed by atoms with Gasteiger partial charge in [0, 0.05) is 25.3 Å². The lowest BCUT2D eigenvalue weighted by Crippen LogP contribution is -2.01. The molecule has 0 bridgehead atoms. The lowest BCUT2D eigenvalue weighted by Gasteiger charge is -2.01. The molecule has 17 heavy (non-hydrogen) atoms. The summed E-state index contributed by atoms with van der Waals surface area (Å²) in [5.41, 5.74) is 1.12. The molecule has 1 aromatic carbocycles. The van der Waals surface area contributed by atoms with Crippen LogP contribution >= 0.6 is 0 Å². The first-order valence-corrected chi connectivity index (χ1v) is 5.11. The van der Waals surface area contributed by atoms with Gasteiger partial charge >= 0.3 is 0 Å². The minimum Gasteiger partial charge on any atom is -0.396 e. The van der Waals surface area contributed by atoms with Gasteiger partial charge in [-0.15, -0.1) is 0 Å². The smallest absolute Gasteiger partial charge is 0.294 e. The molecule has 0 spiro atoms. The van der Waals surface area contributed by atoms with E-state index < -0.39 is 4.92 Å². The number of hydrogen-bond donors (Lipinski definition) is 1. The predicted octanol–water partition coefficient (Wildman–Crippen LogP) is 1.32. The third-order valence-electron chi connectivity index (χ3n) is 2.34. The third kappa shape index (κ3) is 2.31. The van der Waals surface area contributed by atoms with Crippen molar-refractivity contribution >= 4 is 5.69 Å². The van der Waals surface area contributed by atoms with Crippen LogP contribution in [0, 0.1) is 10.1 Å². The van der Waals surface area contributed by atoms with Crippen LogP contribution in [0.25, 0.3) is 5.69 Å². The highest BCUT2D eigenvalue weighted by Crippen LogP contribution is 2.21. The maximum absolute atomic E-state index is 10.9. The van der Waals surface area contributed by atoms with E-state index in [0.717, 1.165) is 0 Å². The highest BCUT2D eigenvalue weighted by atomic mass is 16.6. The van der Waals surface area contributed by atoms with Crippen LogP contribution in [0.2, 0.25) is 0 Å². The Morgan fingerprint density at radius 3 is 2.82 bits per heavy atom. The Morgan fingerprint density at radius 1 is 1.35 bits per heavy atom. The second-order valence-electron chi connectivity index (χ2n) is 3.47. The van der Waals surface area contributed by atoms with Crippen LogP contribution in [0.4, 0.5) is 5.69 Å². The molecule has 2 aromatic rings. The standard InChI is InChI=1S/C11H11N3O3/c15-8-6-9-5-7-13(12-9)10-3-1-2-4-11(10)14(16)17/h1-5,7,15H,6,8H2. The van der Waals surface area contributed by atoms with E-state index in [-0.39, 0.29) is 12.3 Å². The monoisotopic (exact) mass is 233 g/mol. The number of benzene rings is 1. The summed E-state index contributed by atoms with van der Waals surface area (Å²) in [6.07, 6.45) is 2.08. The molecule has 0 saturated heterocycles. The molecule has 6 nitrogen and oxygen atoms in total. The molecular weight excluding hydrogens is 222 g/mol. The first kappa shape index (κ1) is 11.3. The predicted molar refractivity (Wildman–Crippen MR) is 61.0 cm³/mol. The van der Waals surface area contributed by atoms with Crippen molar-refractivity contribution in [3.8, 4) is 5.69 Å². The van der Waals surface area contributed by atoms with Crippen molar-refractivity contribution in [1.29, 1.82) is 0 Å². The summed E-state index contributed by atoms with van der Waals surface area (Å²) in [7, 11) is 0. The zero-order valence-corrected chi connectivity index (χ0v) is 8.98. The third-order valence-corrected chi connectivity index (χ3v) is 2.34. The Kier molecular flexibility index (Phi) is 3.15. The Labute approximate surface area is 97.3 Å². The molecule has 0 atom stereocenters. The molecule has 0 saturated carbocycles. The van der Waals surface area contributed by atoms with Gasteiger partial charge in [-0.2, -0.15) is 5.10 Å². The van der Waals surface area contributed by atoms with E-state index in [2.05, 4.69) is 5.10 Å². The SMILES string of the molecule is O=[N+]([O-])c1ccccc1-n1ccc(CCO)n1. The number of aliphatic hydroxyl groups is 1. The fourth-order valence-corrected chi connectivity index (χ4v) is 1.56. The zero-order valence-electron chi connectivity index (χ0n) is 8.98. The molecule has 1 heterocycles.